The van der Waals surface area contributed by atoms with Crippen LogP contribution < -0.4 is 10.1 Å². The first-order chi connectivity index (χ1) is 8.31. The van der Waals surface area contributed by atoms with Crippen molar-refractivity contribution in [3.05, 3.63) is 5.01 Å². The van der Waals surface area contributed by atoms with Crippen LogP contribution in [0.1, 0.15) is 32.7 Å². The maximum absolute atomic E-state index is 5.70. The number of hydrogen-bond acceptors (Lipinski definition) is 6. The van der Waals surface area contributed by atoms with Crippen LogP contribution in [0.15, 0.2) is 0 Å². The lowest BCUT2D eigenvalue weighted by molar-refractivity contribution is 0.113. The molecule has 0 saturated carbocycles. The van der Waals surface area contributed by atoms with Gasteiger partial charge in [-0.2, -0.15) is 0 Å². The van der Waals surface area contributed by atoms with E-state index in [9.17, 15) is 0 Å². The number of ether oxygens (including phenoxy) is 1. The minimum Gasteiger partial charge on any atom is -0.467 e. The first-order valence-corrected chi connectivity index (χ1v) is 6.99. The third-order valence-corrected chi connectivity index (χ3v) is 3.71. The fourth-order valence-corrected chi connectivity index (χ4v) is 1.67. The van der Waals surface area contributed by atoms with E-state index in [2.05, 4.69) is 48.1 Å². The van der Waals surface area contributed by atoms with E-state index in [1.54, 1.807) is 0 Å². The van der Waals surface area contributed by atoms with Gasteiger partial charge in [-0.05, 0) is 27.9 Å². The Labute approximate surface area is 114 Å². The van der Waals surface area contributed by atoms with Gasteiger partial charge < -0.3 is 15.0 Å². The molecule has 0 fully saturated rings. The van der Waals surface area contributed by atoms with Gasteiger partial charge in [0.2, 0.25) is 0 Å². The molecule has 1 aromatic heterocycles. The molecule has 0 aromatic carbocycles. The van der Waals surface area contributed by atoms with Crippen LogP contribution in [0.4, 0.5) is 0 Å². The minimum absolute atomic E-state index is 0.0119. The second-order valence-corrected chi connectivity index (χ2v) is 6.52. The van der Waals surface area contributed by atoms with Crippen LogP contribution in [-0.2, 0) is 6.54 Å². The molecule has 1 aromatic rings. The van der Waals surface area contributed by atoms with E-state index in [1.807, 2.05) is 14.1 Å². The monoisotopic (exact) mass is 272 g/mol. The Kier molecular flexibility index (Phi) is 5.49. The molecule has 0 amide bonds. The summed E-state index contributed by atoms with van der Waals surface area (Å²) in [5.74, 6) is 0. The average Bonchev–Trinajstić information content (AvgIpc) is 2.71. The second-order valence-electron chi connectivity index (χ2n) is 5.49. The molecule has 0 spiro atoms. The van der Waals surface area contributed by atoms with E-state index in [1.165, 1.54) is 11.3 Å². The molecular formula is C12H24N4OS. The van der Waals surface area contributed by atoms with Gasteiger partial charge in [0, 0.05) is 11.6 Å². The standard InChI is InChI=1S/C12H24N4OS/c1-9(2)13-7-10-14-15-11(18-10)17-8-12(3,4)16(5)6/h9,13H,7-8H2,1-6H3. The van der Waals surface area contributed by atoms with Gasteiger partial charge in [0.05, 0.1) is 6.54 Å². The molecule has 0 aliphatic heterocycles. The zero-order valence-electron chi connectivity index (χ0n) is 12.1. The fourth-order valence-electron chi connectivity index (χ4n) is 1.03. The average molecular weight is 272 g/mol. The van der Waals surface area contributed by atoms with Crippen molar-refractivity contribution < 1.29 is 4.74 Å². The summed E-state index contributed by atoms with van der Waals surface area (Å²) in [6.45, 7) is 9.84. The molecule has 18 heavy (non-hydrogen) atoms. The zero-order chi connectivity index (χ0) is 13.8. The van der Waals surface area contributed by atoms with Gasteiger partial charge in [-0.3, -0.25) is 0 Å². The van der Waals surface area contributed by atoms with Crippen molar-refractivity contribution >= 4 is 11.3 Å². The summed E-state index contributed by atoms with van der Waals surface area (Å²) < 4.78 is 5.70. The lowest BCUT2D eigenvalue weighted by Gasteiger charge is -2.31. The fraction of sp³-hybridized carbons (Fsp3) is 0.833. The first kappa shape index (κ1) is 15.3. The molecule has 1 N–H and O–H groups in total. The Hall–Kier alpha value is -0.720. The lowest BCUT2D eigenvalue weighted by atomic mass is 10.1. The van der Waals surface area contributed by atoms with Crippen molar-refractivity contribution in [3.8, 4) is 5.19 Å². The highest BCUT2D eigenvalue weighted by molar-refractivity contribution is 7.13. The van der Waals surface area contributed by atoms with E-state index in [4.69, 9.17) is 4.74 Å². The third kappa shape index (κ3) is 4.88. The zero-order valence-corrected chi connectivity index (χ0v) is 13.0. The smallest absolute Gasteiger partial charge is 0.294 e. The molecular weight excluding hydrogens is 248 g/mol. The number of likely N-dealkylation sites (N-methyl/N-ethyl adjacent to an activating group) is 1. The number of nitrogens with zero attached hydrogens (tertiary/aromatic N) is 3. The van der Waals surface area contributed by atoms with Crippen molar-refractivity contribution in [2.24, 2.45) is 0 Å². The van der Waals surface area contributed by atoms with E-state index in [-0.39, 0.29) is 5.54 Å². The summed E-state index contributed by atoms with van der Waals surface area (Å²) in [5.41, 5.74) is -0.0119. The summed E-state index contributed by atoms with van der Waals surface area (Å²) >= 11 is 1.50. The van der Waals surface area contributed by atoms with Gasteiger partial charge in [0.1, 0.15) is 11.6 Å². The predicted molar refractivity (Wildman–Crippen MR) is 75.1 cm³/mol. The molecule has 0 unspecified atom stereocenters. The number of nitrogens with one attached hydrogen (secondary N) is 1. The SMILES string of the molecule is CC(C)NCc1nnc(OCC(C)(C)N(C)C)s1. The molecule has 0 bridgehead atoms. The van der Waals surface area contributed by atoms with Crippen molar-refractivity contribution in [2.75, 3.05) is 20.7 Å². The summed E-state index contributed by atoms with van der Waals surface area (Å²) in [7, 11) is 4.09. The van der Waals surface area contributed by atoms with Gasteiger partial charge in [0.25, 0.3) is 5.19 Å². The molecule has 1 rings (SSSR count). The van der Waals surface area contributed by atoms with Crippen molar-refractivity contribution in [3.63, 3.8) is 0 Å². The summed E-state index contributed by atoms with van der Waals surface area (Å²) in [4.78, 5) is 2.13. The summed E-state index contributed by atoms with van der Waals surface area (Å²) in [6.07, 6.45) is 0. The number of rotatable bonds is 7. The van der Waals surface area contributed by atoms with Crippen LogP contribution in [0.25, 0.3) is 0 Å². The highest BCUT2D eigenvalue weighted by atomic mass is 32.1. The van der Waals surface area contributed by atoms with E-state index in [0.29, 0.717) is 17.8 Å². The van der Waals surface area contributed by atoms with E-state index >= 15 is 0 Å². The Morgan fingerprint density at radius 3 is 2.56 bits per heavy atom. The Balaban J connectivity index is 2.44. The Morgan fingerprint density at radius 1 is 1.33 bits per heavy atom. The number of aromatic nitrogens is 2. The molecule has 5 nitrogen and oxygen atoms in total. The second kappa shape index (κ2) is 6.45. The topological polar surface area (TPSA) is 50.3 Å². The minimum atomic E-state index is -0.0119. The van der Waals surface area contributed by atoms with Crippen molar-refractivity contribution in [1.82, 2.24) is 20.4 Å². The molecule has 1 heterocycles. The van der Waals surface area contributed by atoms with E-state index < -0.39 is 0 Å². The van der Waals surface area contributed by atoms with Gasteiger partial charge in [-0.15, -0.1) is 10.2 Å². The molecule has 0 aliphatic rings. The van der Waals surface area contributed by atoms with Gasteiger partial charge in [-0.25, -0.2) is 0 Å². The molecule has 0 radical (unpaired) electrons. The first-order valence-electron chi connectivity index (χ1n) is 6.17. The molecule has 0 atom stereocenters. The van der Waals surface area contributed by atoms with Crippen LogP contribution in [0, 0.1) is 0 Å². The summed E-state index contributed by atoms with van der Waals surface area (Å²) in [6, 6.07) is 0.450. The van der Waals surface area contributed by atoms with Crippen LogP contribution in [-0.4, -0.2) is 47.4 Å². The maximum Gasteiger partial charge on any atom is 0.294 e. The highest BCUT2D eigenvalue weighted by Gasteiger charge is 2.22. The van der Waals surface area contributed by atoms with Crippen LogP contribution >= 0.6 is 11.3 Å². The normalized spacial score (nSPS) is 12.4. The van der Waals surface area contributed by atoms with E-state index in [0.717, 1.165) is 11.6 Å². The molecule has 0 aliphatic carbocycles. The quantitative estimate of drug-likeness (QED) is 0.819. The highest BCUT2D eigenvalue weighted by Crippen LogP contribution is 2.20. The largest absolute Gasteiger partial charge is 0.467 e. The molecule has 104 valence electrons. The van der Waals surface area contributed by atoms with Crippen molar-refractivity contribution in [2.45, 2.75) is 45.8 Å². The summed E-state index contributed by atoms with van der Waals surface area (Å²) in [5, 5.41) is 13.1. The van der Waals surface area contributed by atoms with Crippen LogP contribution in [0.5, 0.6) is 5.19 Å². The van der Waals surface area contributed by atoms with Crippen LogP contribution in [0.2, 0.25) is 0 Å². The maximum atomic E-state index is 5.70. The van der Waals surface area contributed by atoms with Gasteiger partial charge in [-0.1, -0.05) is 25.2 Å². The van der Waals surface area contributed by atoms with Gasteiger partial charge >= 0.3 is 0 Å². The molecule has 6 heteroatoms. The Bertz CT molecular complexity index is 363. The van der Waals surface area contributed by atoms with Crippen LogP contribution in [0.3, 0.4) is 0 Å². The third-order valence-electron chi connectivity index (χ3n) is 2.87. The molecule has 0 saturated heterocycles. The predicted octanol–water partition coefficient (Wildman–Crippen LogP) is 1.76. The number of hydrogen-bond donors (Lipinski definition) is 1. The Morgan fingerprint density at radius 2 is 2.00 bits per heavy atom. The van der Waals surface area contributed by atoms with Gasteiger partial charge in [0.15, 0.2) is 0 Å². The van der Waals surface area contributed by atoms with Crippen molar-refractivity contribution in [1.29, 1.82) is 0 Å². The lowest BCUT2D eigenvalue weighted by Crippen LogP contribution is -2.43.